The summed E-state index contributed by atoms with van der Waals surface area (Å²) in [6, 6.07) is 8.70. The largest absolute Gasteiger partial charge is 0.396 e. The first-order valence-corrected chi connectivity index (χ1v) is 10.7. The molecule has 27 heavy (non-hydrogen) atoms. The minimum absolute atomic E-state index is 0.0237. The Morgan fingerprint density at radius 2 is 1.70 bits per heavy atom. The summed E-state index contributed by atoms with van der Waals surface area (Å²) in [5.41, 5.74) is -0.125. The minimum atomic E-state index is -4.00. The second-order valence-corrected chi connectivity index (χ2v) is 9.73. The van der Waals surface area contributed by atoms with Crippen molar-refractivity contribution >= 4 is 21.4 Å². The molecule has 0 heterocycles. The van der Waals surface area contributed by atoms with E-state index >= 15 is 0 Å². The first-order valence-electron chi connectivity index (χ1n) is 8.87. The molecule has 146 valence electrons. The second-order valence-electron chi connectivity index (χ2n) is 7.03. The van der Waals surface area contributed by atoms with E-state index < -0.39 is 26.2 Å². The zero-order chi connectivity index (χ0) is 19.7. The molecule has 2 aromatic rings. The minimum Gasteiger partial charge on any atom is -0.396 e. The van der Waals surface area contributed by atoms with Gasteiger partial charge in [-0.2, -0.15) is 0 Å². The molecule has 0 aromatic heterocycles. The van der Waals surface area contributed by atoms with Crippen LogP contribution in [0, 0.1) is 17.6 Å². The highest BCUT2D eigenvalue weighted by Gasteiger charge is 2.49. The topological polar surface area (TPSA) is 54.4 Å². The molecule has 1 saturated carbocycles. The van der Waals surface area contributed by atoms with Gasteiger partial charge in [0.25, 0.3) is 0 Å². The SMILES string of the molecule is O=S(=O)(c1ccc(Cl)cc1)[C@]1(c2cc(F)ccc2F)CC[C@H](CCO)CC1. The maximum Gasteiger partial charge on any atom is 0.188 e. The lowest BCUT2D eigenvalue weighted by Crippen LogP contribution is -2.40. The average molecular weight is 415 g/mol. The van der Waals surface area contributed by atoms with Crippen LogP contribution in [0.15, 0.2) is 47.4 Å². The molecule has 1 aliphatic carbocycles. The number of hydrogen-bond acceptors (Lipinski definition) is 3. The van der Waals surface area contributed by atoms with Crippen LogP contribution in [0.5, 0.6) is 0 Å². The summed E-state index contributed by atoms with van der Waals surface area (Å²) < 4.78 is 54.2. The number of benzene rings is 2. The molecular formula is C20H21ClF2O3S. The quantitative estimate of drug-likeness (QED) is 0.760. The third-order valence-electron chi connectivity index (χ3n) is 5.51. The predicted octanol–water partition coefficient (Wildman–Crippen LogP) is 4.86. The third-order valence-corrected chi connectivity index (χ3v) is 8.31. The zero-order valence-electron chi connectivity index (χ0n) is 14.7. The standard InChI is InChI=1S/C20H21ClF2O3S/c21-15-1-4-17(5-2-15)27(25,26)20(10-7-14(8-11-20)9-12-24)18-13-16(22)3-6-19(18)23/h1-6,13-14,24H,7-12H2/t14-,20+. The van der Waals surface area contributed by atoms with Crippen LogP contribution in [0.4, 0.5) is 8.78 Å². The summed E-state index contributed by atoms with van der Waals surface area (Å²) >= 11 is 5.87. The zero-order valence-corrected chi connectivity index (χ0v) is 16.2. The summed E-state index contributed by atoms with van der Waals surface area (Å²) in [6.07, 6.45) is 1.95. The van der Waals surface area contributed by atoms with Gasteiger partial charge < -0.3 is 5.11 Å². The first-order chi connectivity index (χ1) is 12.8. The highest BCUT2D eigenvalue weighted by atomic mass is 35.5. The van der Waals surface area contributed by atoms with Gasteiger partial charge in [-0.3, -0.25) is 0 Å². The van der Waals surface area contributed by atoms with Gasteiger partial charge in [0, 0.05) is 17.2 Å². The Hall–Kier alpha value is -1.50. The van der Waals surface area contributed by atoms with Gasteiger partial charge in [-0.1, -0.05) is 11.6 Å². The number of sulfone groups is 1. The van der Waals surface area contributed by atoms with Crippen LogP contribution in [0.3, 0.4) is 0 Å². The first kappa shape index (κ1) is 20.2. The molecule has 0 amide bonds. The smallest absolute Gasteiger partial charge is 0.188 e. The van der Waals surface area contributed by atoms with Crippen molar-refractivity contribution in [1.29, 1.82) is 0 Å². The van der Waals surface area contributed by atoms with E-state index in [1.54, 1.807) is 0 Å². The van der Waals surface area contributed by atoms with Crippen LogP contribution < -0.4 is 0 Å². The molecule has 3 nitrogen and oxygen atoms in total. The van der Waals surface area contributed by atoms with Gasteiger partial charge in [0.15, 0.2) is 9.84 Å². The van der Waals surface area contributed by atoms with Crippen LogP contribution >= 0.6 is 11.6 Å². The lowest BCUT2D eigenvalue weighted by Gasteiger charge is -2.40. The van der Waals surface area contributed by atoms with E-state index in [-0.39, 0.29) is 35.8 Å². The van der Waals surface area contributed by atoms with Crippen molar-refractivity contribution in [3.05, 3.63) is 64.7 Å². The van der Waals surface area contributed by atoms with E-state index in [4.69, 9.17) is 16.7 Å². The summed E-state index contributed by atoms with van der Waals surface area (Å²) in [7, 11) is -4.00. The molecule has 1 aliphatic rings. The van der Waals surface area contributed by atoms with E-state index in [0.29, 0.717) is 24.3 Å². The predicted molar refractivity (Wildman–Crippen MR) is 100 cm³/mol. The molecule has 0 unspecified atom stereocenters. The van der Waals surface area contributed by atoms with Crippen LogP contribution in [-0.2, 0) is 14.6 Å². The number of halogens is 3. The summed E-state index contributed by atoms with van der Waals surface area (Å²) in [5, 5.41) is 9.56. The maximum atomic E-state index is 14.7. The molecule has 1 N–H and O–H groups in total. The Bertz CT molecular complexity index is 905. The highest BCUT2D eigenvalue weighted by molar-refractivity contribution is 7.92. The molecule has 7 heteroatoms. The Labute approximate surface area is 162 Å². The highest BCUT2D eigenvalue weighted by Crippen LogP contribution is 2.49. The van der Waals surface area contributed by atoms with Gasteiger partial charge >= 0.3 is 0 Å². The van der Waals surface area contributed by atoms with Gasteiger partial charge in [0.05, 0.1) is 4.90 Å². The molecule has 0 aliphatic heterocycles. The van der Waals surface area contributed by atoms with Gasteiger partial charge in [-0.05, 0) is 80.5 Å². The Morgan fingerprint density at radius 3 is 2.30 bits per heavy atom. The second kappa shape index (κ2) is 7.86. The lowest BCUT2D eigenvalue weighted by atomic mass is 9.76. The molecule has 1 fully saturated rings. The Kier molecular flexibility index (Phi) is 5.89. The number of aliphatic hydroxyl groups is 1. The summed E-state index contributed by atoms with van der Waals surface area (Å²) in [6.45, 7) is 0.0237. The molecule has 2 aromatic carbocycles. The van der Waals surface area contributed by atoms with Crippen molar-refractivity contribution in [2.24, 2.45) is 5.92 Å². The van der Waals surface area contributed by atoms with Gasteiger partial charge in [0.2, 0.25) is 0 Å². The molecular weight excluding hydrogens is 394 g/mol. The van der Waals surface area contributed by atoms with Crippen molar-refractivity contribution in [1.82, 2.24) is 0 Å². The molecule has 0 saturated heterocycles. The fourth-order valence-electron chi connectivity index (χ4n) is 3.98. The average Bonchev–Trinajstić information content (AvgIpc) is 2.65. The number of hydrogen-bond donors (Lipinski definition) is 1. The third kappa shape index (κ3) is 3.75. The van der Waals surface area contributed by atoms with Crippen molar-refractivity contribution in [2.75, 3.05) is 6.61 Å². The molecule has 0 bridgehead atoms. The van der Waals surface area contributed by atoms with Crippen LogP contribution in [0.2, 0.25) is 5.02 Å². The van der Waals surface area contributed by atoms with E-state index in [0.717, 1.165) is 18.2 Å². The Morgan fingerprint density at radius 1 is 1.07 bits per heavy atom. The van der Waals surface area contributed by atoms with Crippen molar-refractivity contribution in [2.45, 2.75) is 41.7 Å². The van der Waals surface area contributed by atoms with Crippen LogP contribution in [0.1, 0.15) is 37.7 Å². The van der Waals surface area contributed by atoms with Crippen LogP contribution in [-0.4, -0.2) is 20.1 Å². The van der Waals surface area contributed by atoms with Crippen LogP contribution in [0.25, 0.3) is 0 Å². The van der Waals surface area contributed by atoms with Gasteiger partial charge in [0.1, 0.15) is 16.4 Å². The molecule has 3 rings (SSSR count). The summed E-state index contributed by atoms with van der Waals surface area (Å²) in [5.74, 6) is -1.23. The lowest BCUT2D eigenvalue weighted by molar-refractivity contribution is 0.211. The van der Waals surface area contributed by atoms with Crippen molar-refractivity contribution < 1.29 is 22.3 Å². The normalized spacial score (nSPS) is 23.3. The van der Waals surface area contributed by atoms with Crippen molar-refractivity contribution in [3.63, 3.8) is 0 Å². The maximum absolute atomic E-state index is 14.7. The van der Waals surface area contributed by atoms with E-state index in [1.165, 1.54) is 24.3 Å². The fourth-order valence-corrected chi connectivity index (χ4v) is 6.27. The number of rotatable bonds is 5. The molecule has 0 spiro atoms. The molecule has 0 atom stereocenters. The Balaban J connectivity index is 2.14. The fraction of sp³-hybridized carbons (Fsp3) is 0.400. The van der Waals surface area contributed by atoms with Gasteiger partial charge in [-0.25, -0.2) is 17.2 Å². The number of aliphatic hydroxyl groups excluding tert-OH is 1. The monoisotopic (exact) mass is 414 g/mol. The van der Waals surface area contributed by atoms with Gasteiger partial charge in [-0.15, -0.1) is 0 Å². The van der Waals surface area contributed by atoms with Crippen molar-refractivity contribution in [3.8, 4) is 0 Å². The van der Waals surface area contributed by atoms with E-state index in [1.807, 2.05) is 0 Å². The van der Waals surface area contributed by atoms with E-state index in [9.17, 15) is 17.2 Å². The van der Waals surface area contributed by atoms with E-state index in [2.05, 4.69) is 0 Å². The molecule has 0 radical (unpaired) electrons. The summed E-state index contributed by atoms with van der Waals surface area (Å²) in [4.78, 5) is 0.0381.